The normalized spacial score (nSPS) is 16.6. The second kappa shape index (κ2) is 12.1. The Kier molecular flexibility index (Phi) is 9.86. The number of aliphatic imine (C=N–C) groups is 1. The van der Waals surface area contributed by atoms with Crippen LogP contribution in [0.2, 0.25) is 0 Å². The molecule has 0 aliphatic carbocycles. The fourth-order valence-corrected chi connectivity index (χ4v) is 4.09. The van der Waals surface area contributed by atoms with Crippen LogP contribution in [-0.2, 0) is 24.2 Å². The molecule has 3 rings (SSSR count). The van der Waals surface area contributed by atoms with E-state index in [0.717, 1.165) is 49.1 Å². The maximum absolute atomic E-state index is 12.3. The Bertz CT molecular complexity index is 795. The quantitative estimate of drug-likeness (QED) is 0.315. The molecule has 1 amide bonds. The molecule has 6 nitrogen and oxygen atoms in total. The van der Waals surface area contributed by atoms with Crippen LogP contribution in [-0.4, -0.2) is 48.4 Å². The molecule has 0 spiro atoms. The van der Waals surface area contributed by atoms with E-state index in [1.165, 1.54) is 5.56 Å². The zero-order valence-electron chi connectivity index (χ0n) is 17.1. The fraction of sp³-hybridized carbons (Fsp3) is 0.476. The maximum atomic E-state index is 12.3. The second-order valence-electron chi connectivity index (χ2n) is 7.04. The van der Waals surface area contributed by atoms with Gasteiger partial charge in [-0.15, -0.1) is 35.3 Å². The van der Waals surface area contributed by atoms with Gasteiger partial charge < -0.3 is 15.5 Å². The van der Waals surface area contributed by atoms with Gasteiger partial charge in [0.1, 0.15) is 0 Å². The minimum Gasteiger partial charge on any atom is -0.356 e. The SMILES string of the molecule is CCc1nc(CNC(=NC)NCC2CC(=O)N(CCc3ccccc3)C2)cs1.I. The van der Waals surface area contributed by atoms with Crippen molar-refractivity contribution in [2.24, 2.45) is 10.9 Å². The van der Waals surface area contributed by atoms with Crippen LogP contribution < -0.4 is 10.6 Å². The van der Waals surface area contributed by atoms with Crippen molar-refractivity contribution in [2.45, 2.75) is 32.7 Å². The molecule has 1 atom stereocenters. The summed E-state index contributed by atoms with van der Waals surface area (Å²) in [4.78, 5) is 23.1. The maximum Gasteiger partial charge on any atom is 0.223 e. The number of likely N-dealkylation sites (tertiary alicyclic amines) is 1. The van der Waals surface area contributed by atoms with Gasteiger partial charge in [-0.3, -0.25) is 9.79 Å². The van der Waals surface area contributed by atoms with Crippen molar-refractivity contribution in [3.8, 4) is 0 Å². The zero-order valence-corrected chi connectivity index (χ0v) is 20.2. The number of hydrogen-bond acceptors (Lipinski definition) is 4. The van der Waals surface area contributed by atoms with Gasteiger partial charge in [0, 0.05) is 44.4 Å². The van der Waals surface area contributed by atoms with Gasteiger partial charge in [-0.25, -0.2) is 4.98 Å². The smallest absolute Gasteiger partial charge is 0.223 e. The topological polar surface area (TPSA) is 69.6 Å². The molecule has 8 heteroatoms. The number of rotatable bonds is 8. The number of hydrogen-bond donors (Lipinski definition) is 2. The third-order valence-electron chi connectivity index (χ3n) is 4.93. The van der Waals surface area contributed by atoms with Gasteiger partial charge in [0.15, 0.2) is 5.96 Å². The van der Waals surface area contributed by atoms with Crippen LogP contribution in [0.1, 0.15) is 29.6 Å². The number of aryl methyl sites for hydroxylation is 1. The number of thiazole rings is 1. The Morgan fingerprint density at radius 1 is 1.31 bits per heavy atom. The molecular formula is C21H30IN5OS. The Morgan fingerprint density at radius 3 is 2.79 bits per heavy atom. The van der Waals surface area contributed by atoms with Gasteiger partial charge in [0.25, 0.3) is 0 Å². The molecule has 1 saturated heterocycles. The largest absolute Gasteiger partial charge is 0.356 e. The summed E-state index contributed by atoms with van der Waals surface area (Å²) in [6.07, 6.45) is 2.47. The summed E-state index contributed by atoms with van der Waals surface area (Å²) in [5, 5.41) is 9.89. The van der Waals surface area contributed by atoms with E-state index >= 15 is 0 Å². The third kappa shape index (κ3) is 7.26. The standard InChI is InChI=1S/C21H29N5OS.HI/c1-3-19-25-18(15-28-19)13-24-21(22-2)23-12-17-11-20(27)26(14-17)10-9-16-7-5-4-6-8-16;/h4-8,15,17H,3,9-14H2,1-2H3,(H2,22,23,24);1H. The van der Waals surface area contributed by atoms with Crippen LogP contribution in [0.25, 0.3) is 0 Å². The summed E-state index contributed by atoms with van der Waals surface area (Å²) in [5.74, 6) is 1.31. The Hall–Kier alpha value is -1.68. The average molecular weight is 527 g/mol. The first-order chi connectivity index (χ1) is 13.7. The summed E-state index contributed by atoms with van der Waals surface area (Å²) in [5.41, 5.74) is 2.31. The van der Waals surface area contributed by atoms with Crippen molar-refractivity contribution < 1.29 is 4.79 Å². The van der Waals surface area contributed by atoms with Crippen molar-refractivity contribution in [1.82, 2.24) is 20.5 Å². The van der Waals surface area contributed by atoms with Gasteiger partial charge in [-0.05, 0) is 18.4 Å². The predicted octanol–water partition coefficient (Wildman–Crippen LogP) is 3.08. The number of nitrogens with one attached hydrogen (secondary N) is 2. The van der Waals surface area contributed by atoms with Gasteiger partial charge in [0.05, 0.1) is 17.2 Å². The first-order valence-corrected chi connectivity index (χ1v) is 10.8. The lowest BCUT2D eigenvalue weighted by molar-refractivity contribution is -0.127. The molecule has 1 aromatic carbocycles. The van der Waals surface area contributed by atoms with E-state index in [2.05, 4.69) is 45.0 Å². The minimum absolute atomic E-state index is 0. The molecule has 2 N–H and O–H groups in total. The molecule has 0 saturated carbocycles. The monoisotopic (exact) mass is 527 g/mol. The number of halogens is 1. The van der Waals surface area contributed by atoms with Crippen LogP contribution in [0.5, 0.6) is 0 Å². The third-order valence-corrected chi connectivity index (χ3v) is 5.97. The van der Waals surface area contributed by atoms with Crippen molar-refractivity contribution in [3.05, 3.63) is 52.0 Å². The summed E-state index contributed by atoms with van der Waals surface area (Å²) < 4.78 is 0. The lowest BCUT2D eigenvalue weighted by atomic mass is 10.1. The molecule has 0 radical (unpaired) electrons. The zero-order chi connectivity index (χ0) is 19.8. The lowest BCUT2D eigenvalue weighted by Crippen LogP contribution is -2.40. The van der Waals surface area contributed by atoms with E-state index in [-0.39, 0.29) is 29.9 Å². The number of carbonyl (C=O) groups excluding carboxylic acids is 1. The van der Waals surface area contributed by atoms with Crippen molar-refractivity contribution >= 4 is 47.2 Å². The molecule has 29 heavy (non-hydrogen) atoms. The number of benzene rings is 1. The average Bonchev–Trinajstić information content (AvgIpc) is 3.33. The highest BCUT2D eigenvalue weighted by molar-refractivity contribution is 14.0. The highest BCUT2D eigenvalue weighted by Gasteiger charge is 2.29. The van der Waals surface area contributed by atoms with E-state index in [9.17, 15) is 4.79 Å². The highest BCUT2D eigenvalue weighted by Crippen LogP contribution is 2.17. The summed E-state index contributed by atoms with van der Waals surface area (Å²) in [7, 11) is 1.76. The van der Waals surface area contributed by atoms with E-state index in [4.69, 9.17) is 0 Å². The molecule has 0 bridgehead atoms. The Labute approximate surface area is 194 Å². The summed E-state index contributed by atoms with van der Waals surface area (Å²) >= 11 is 1.69. The molecule has 1 unspecified atom stereocenters. The number of carbonyl (C=O) groups is 1. The molecule has 1 aromatic heterocycles. The molecule has 1 aliphatic heterocycles. The van der Waals surface area contributed by atoms with Crippen LogP contribution in [0.15, 0.2) is 40.7 Å². The molecule has 2 aromatic rings. The molecule has 158 valence electrons. The fourth-order valence-electron chi connectivity index (χ4n) is 3.34. The summed E-state index contributed by atoms with van der Waals surface area (Å²) in [6.45, 7) is 5.10. The van der Waals surface area contributed by atoms with Crippen LogP contribution in [0.4, 0.5) is 0 Å². The predicted molar refractivity (Wildman–Crippen MR) is 130 cm³/mol. The van der Waals surface area contributed by atoms with Crippen LogP contribution >= 0.6 is 35.3 Å². The van der Waals surface area contributed by atoms with Gasteiger partial charge in [-0.1, -0.05) is 37.3 Å². The van der Waals surface area contributed by atoms with Gasteiger partial charge in [-0.2, -0.15) is 0 Å². The number of guanidine groups is 1. The van der Waals surface area contributed by atoms with Crippen molar-refractivity contribution in [1.29, 1.82) is 0 Å². The van der Waals surface area contributed by atoms with Gasteiger partial charge >= 0.3 is 0 Å². The van der Waals surface area contributed by atoms with E-state index in [0.29, 0.717) is 18.9 Å². The highest BCUT2D eigenvalue weighted by atomic mass is 127. The van der Waals surface area contributed by atoms with Crippen LogP contribution in [0.3, 0.4) is 0 Å². The number of aromatic nitrogens is 1. The van der Waals surface area contributed by atoms with Gasteiger partial charge in [0.2, 0.25) is 5.91 Å². The van der Waals surface area contributed by atoms with Crippen LogP contribution in [0, 0.1) is 5.92 Å². The molecule has 1 fully saturated rings. The first-order valence-electron chi connectivity index (χ1n) is 9.87. The molecular weight excluding hydrogens is 497 g/mol. The van der Waals surface area contributed by atoms with Crippen molar-refractivity contribution in [2.75, 3.05) is 26.7 Å². The van der Waals surface area contributed by atoms with Crippen molar-refractivity contribution in [3.63, 3.8) is 0 Å². The first kappa shape index (κ1) is 23.6. The number of nitrogens with zero attached hydrogens (tertiary/aromatic N) is 3. The minimum atomic E-state index is 0. The molecule has 1 aliphatic rings. The Balaban J connectivity index is 0.00000300. The van der Waals surface area contributed by atoms with E-state index < -0.39 is 0 Å². The number of amides is 1. The Morgan fingerprint density at radius 2 is 2.10 bits per heavy atom. The molecule has 2 heterocycles. The lowest BCUT2D eigenvalue weighted by Gasteiger charge is -2.17. The van der Waals surface area contributed by atoms with E-state index in [1.54, 1.807) is 18.4 Å². The summed E-state index contributed by atoms with van der Waals surface area (Å²) in [6, 6.07) is 10.3. The van der Waals surface area contributed by atoms with E-state index in [1.807, 2.05) is 23.1 Å². The second-order valence-corrected chi connectivity index (χ2v) is 7.98.